The molecule has 0 bridgehead atoms. The predicted molar refractivity (Wildman–Crippen MR) is 142 cm³/mol. The first-order valence-corrected chi connectivity index (χ1v) is 11.6. The molecule has 0 amide bonds. The Kier molecular flexibility index (Phi) is 9.87. The maximum Gasteiger partial charge on any atom is 0.191 e. The molecule has 1 aliphatic rings. The number of hydrogen-bond acceptors (Lipinski definition) is 5. The maximum absolute atomic E-state index is 6.15. The zero-order chi connectivity index (χ0) is 21.6. The van der Waals surface area contributed by atoms with Crippen LogP contribution in [-0.2, 0) is 13.0 Å². The Hall–Kier alpha value is -1.55. The van der Waals surface area contributed by atoms with Gasteiger partial charge in [-0.25, -0.2) is 4.98 Å². The predicted octanol–water partition coefficient (Wildman–Crippen LogP) is 4.75. The van der Waals surface area contributed by atoms with Gasteiger partial charge in [-0.2, -0.15) is 0 Å². The molecule has 0 atom stereocenters. The minimum Gasteiger partial charge on any atom is -0.488 e. The molecule has 6 nitrogen and oxygen atoms in total. The van der Waals surface area contributed by atoms with Crippen LogP contribution in [-0.4, -0.2) is 43.2 Å². The van der Waals surface area contributed by atoms with Crippen LogP contribution >= 0.6 is 35.3 Å². The number of nitrogens with one attached hydrogen (secondary N) is 2. The molecule has 2 N–H and O–H groups in total. The molecule has 1 aliphatic heterocycles. The van der Waals surface area contributed by atoms with E-state index in [2.05, 4.69) is 71.8 Å². The Morgan fingerprint density at radius 1 is 1.23 bits per heavy atom. The molecule has 8 heteroatoms. The number of hydrogen-bond donors (Lipinski definition) is 2. The lowest BCUT2D eigenvalue weighted by atomic mass is 10.1. The van der Waals surface area contributed by atoms with Crippen molar-refractivity contribution in [2.75, 3.05) is 31.6 Å². The number of thiazole rings is 1. The highest BCUT2D eigenvalue weighted by atomic mass is 127. The fraction of sp³-hybridized carbons (Fsp3) is 0.565. The van der Waals surface area contributed by atoms with E-state index in [1.54, 1.807) is 18.4 Å². The van der Waals surface area contributed by atoms with Crippen LogP contribution in [0.25, 0.3) is 0 Å². The van der Waals surface area contributed by atoms with Crippen LogP contribution in [0, 0.1) is 6.92 Å². The van der Waals surface area contributed by atoms with Gasteiger partial charge in [0, 0.05) is 50.6 Å². The van der Waals surface area contributed by atoms with Gasteiger partial charge in [0.15, 0.2) is 11.1 Å². The summed E-state index contributed by atoms with van der Waals surface area (Å²) in [5.41, 5.74) is 3.22. The van der Waals surface area contributed by atoms with Gasteiger partial charge >= 0.3 is 0 Å². The third kappa shape index (κ3) is 8.14. The summed E-state index contributed by atoms with van der Waals surface area (Å²) in [5, 5.41) is 10.1. The molecule has 2 heterocycles. The van der Waals surface area contributed by atoms with Crippen molar-refractivity contribution < 1.29 is 4.74 Å². The summed E-state index contributed by atoms with van der Waals surface area (Å²) in [6, 6.07) is 6.33. The van der Waals surface area contributed by atoms with Gasteiger partial charge in [-0.15, -0.1) is 35.3 Å². The van der Waals surface area contributed by atoms with E-state index in [4.69, 9.17) is 9.72 Å². The van der Waals surface area contributed by atoms with Crippen molar-refractivity contribution in [3.05, 3.63) is 40.4 Å². The highest BCUT2D eigenvalue weighted by Gasteiger charge is 2.16. The van der Waals surface area contributed by atoms with Crippen molar-refractivity contribution in [2.45, 2.75) is 59.1 Å². The summed E-state index contributed by atoms with van der Waals surface area (Å²) < 4.78 is 6.15. The average Bonchev–Trinajstić information content (AvgIpc) is 3.36. The lowest BCUT2D eigenvalue weighted by Crippen LogP contribution is -2.38. The molecule has 172 valence electrons. The summed E-state index contributed by atoms with van der Waals surface area (Å²) in [5.74, 6) is 1.70. The molecule has 1 saturated heterocycles. The summed E-state index contributed by atoms with van der Waals surface area (Å²) in [4.78, 5) is 11.5. The lowest BCUT2D eigenvalue weighted by molar-refractivity contribution is 0.129. The number of halogens is 1. The fourth-order valence-corrected chi connectivity index (χ4v) is 4.32. The Bertz CT molecular complexity index is 856. The third-order valence-corrected chi connectivity index (χ3v) is 5.85. The quantitative estimate of drug-likeness (QED) is 0.292. The molecule has 0 unspecified atom stereocenters. The minimum absolute atomic E-state index is 0. The van der Waals surface area contributed by atoms with Crippen molar-refractivity contribution in [1.82, 2.24) is 15.6 Å². The average molecular weight is 558 g/mol. The minimum atomic E-state index is -0.232. The second kappa shape index (κ2) is 11.9. The highest BCUT2D eigenvalue weighted by molar-refractivity contribution is 14.0. The van der Waals surface area contributed by atoms with Crippen LogP contribution in [0.1, 0.15) is 50.4 Å². The molecular formula is C23H36IN5OS. The van der Waals surface area contributed by atoms with Crippen molar-refractivity contribution >= 4 is 46.4 Å². The molecule has 0 saturated carbocycles. The van der Waals surface area contributed by atoms with Crippen LogP contribution in [0.15, 0.2) is 28.6 Å². The summed E-state index contributed by atoms with van der Waals surface area (Å²) >= 11 is 1.75. The molecule has 31 heavy (non-hydrogen) atoms. The molecule has 1 aromatic carbocycles. The molecule has 1 aromatic heterocycles. The summed E-state index contributed by atoms with van der Waals surface area (Å²) in [7, 11) is 1.80. The number of aliphatic imine (C=N–C) groups is 1. The number of ether oxygens (including phenoxy) is 1. The molecular weight excluding hydrogens is 521 g/mol. The van der Waals surface area contributed by atoms with Gasteiger partial charge in [0.05, 0.1) is 5.69 Å². The van der Waals surface area contributed by atoms with E-state index < -0.39 is 0 Å². The monoisotopic (exact) mass is 557 g/mol. The maximum atomic E-state index is 6.15. The van der Waals surface area contributed by atoms with E-state index in [0.717, 1.165) is 54.2 Å². The number of aromatic nitrogens is 1. The molecule has 1 fully saturated rings. The Morgan fingerprint density at radius 2 is 1.97 bits per heavy atom. The van der Waals surface area contributed by atoms with Crippen LogP contribution in [0.4, 0.5) is 5.13 Å². The van der Waals surface area contributed by atoms with Crippen LogP contribution < -0.4 is 20.3 Å². The number of aryl methyl sites for hydroxylation is 1. The first-order valence-electron chi connectivity index (χ1n) is 10.8. The highest BCUT2D eigenvalue weighted by Crippen LogP contribution is 2.25. The van der Waals surface area contributed by atoms with E-state index >= 15 is 0 Å². The largest absolute Gasteiger partial charge is 0.488 e. The smallest absolute Gasteiger partial charge is 0.191 e. The fourth-order valence-electron chi connectivity index (χ4n) is 3.41. The SMILES string of the molecule is CN=C(NCCc1csc(N2CCCC2)n1)NCc1ccc(C)cc1OC(C)(C)C.I. The number of nitrogens with zero attached hydrogens (tertiary/aromatic N) is 3. The van der Waals surface area contributed by atoms with E-state index in [0.29, 0.717) is 6.54 Å². The Morgan fingerprint density at radius 3 is 2.65 bits per heavy atom. The van der Waals surface area contributed by atoms with Gasteiger partial charge in [-0.1, -0.05) is 12.1 Å². The van der Waals surface area contributed by atoms with Crippen molar-refractivity contribution in [2.24, 2.45) is 4.99 Å². The normalized spacial score (nSPS) is 14.4. The van der Waals surface area contributed by atoms with Crippen LogP contribution in [0.3, 0.4) is 0 Å². The van der Waals surface area contributed by atoms with E-state index in [9.17, 15) is 0 Å². The van der Waals surface area contributed by atoms with Crippen molar-refractivity contribution in [3.8, 4) is 5.75 Å². The third-order valence-electron chi connectivity index (χ3n) is 4.90. The molecule has 0 spiro atoms. The molecule has 2 aromatic rings. The zero-order valence-corrected chi connectivity index (χ0v) is 22.5. The Balaban J connectivity index is 0.00000341. The second-order valence-corrected chi connectivity index (χ2v) is 9.58. The van der Waals surface area contributed by atoms with Crippen molar-refractivity contribution in [3.63, 3.8) is 0 Å². The van der Waals surface area contributed by atoms with E-state index in [1.165, 1.54) is 18.4 Å². The second-order valence-electron chi connectivity index (χ2n) is 8.74. The molecule has 0 aliphatic carbocycles. The van der Waals surface area contributed by atoms with Gasteiger partial charge < -0.3 is 20.3 Å². The Labute approximate surface area is 207 Å². The number of guanidine groups is 1. The standard InChI is InChI=1S/C23H35N5OS.HI/c1-17-8-9-18(20(14-17)29-23(2,3)4)15-26-21(24-5)25-11-10-19-16-30-22(27-19)28-12-6-7-13-28;/h8-9,14,16H,6-7,10-13,15H2,1-5H3,(H2,24,25,26);1H. The van der Waals surface area contributed by atoms with Gasteiger partial charge in [-0.05, 0) is 52.2 Å². The van der Waals surface area contributed by atoms with Gasteiger partial charge in [0.1, 0.15) is 11.4 Å². The topological polar surface area (TPSA) is 61.8 Å². The van der Waals surface area contributed by atoms with Gasteiger partial charge in [0.2, 0.25) is 0 Å². The first-order chi connectivity index (χ1) is 14.3. The van der Waals surface area contributed by atoms with Gasteiger partial charge in [0.25, 0.3) is 0 Å². The number of rotatable bonds is 7. The summed E-state index contributed by atoms with van der Waals surface area (Å²) in [6.07, 6.45) is 3.44. The van der Waals surface area contributed by atoms with E-state index in [1.807, 2.05) is 0 Å². The first kappa shape index (κ1) is 25.7. The van der Waals surface area contributed by atoms with Crippen LogP contribution in [0.5, 0.6) is 5.75 Å². The van der Waals surface area contributed by atoms with Crippen LogP contribution in [0.2, 0.25) is 0 Å². The summed E-state index contributed by atoms with van der Waals surface area (Å²) in [6.45, 7) is 12.0. The molecule has 0 radical (unpaired) electrons. The molecule has 3 rings (SSSR count). The lowest BCUT2D eigenvalue weighted by Gasteiger charge is -2.24. The van der Waals surface area contributed by atoms with Crippen molar-refractivity contribution in [1.29, 1.82) is 0 Å². The number of anilines is 1. The number of benzene rings is 1. The zero-order valence-electron chi connectivity index (χ0n) is 19.3. The van der Waals surface area contributed by atoms with E-state index in [-0.39, 0.29) is 29.6 Å². The van der Waals surface area contributed by atoms with Gasteiger partial charge in [-0.3, -0.25) is 4.99 Å².